The minimum atomic E-state index is -2.01. The van der Waals surface area contributed by atoms with Crippen LogP contribution >= 0.6 is 0 Å². The second-order valence-electron chi connectivity index (χ2n) is 7.19. The molecule has 0 spiro atoms. The monoisotopic (exact) mass is 386 g/mol. The Hall–Kier alpha value is -3.73. The van der Waals surface area contributed by atoms with Crippen LogP contribution in [0.1, 0.15) is 24.2 Å². The highest BCUT2D eigenvalue weighted by atomic mass is 19.1. The maximum atomic E-state index is 13.5. The van der Waals surface area contributed by atoms with Gasteiger partial charge in [0.05, 0.1) is 24.1 Å². The first kappa shape index (κ1) is 18.6. The highest BCUT2D eigenvalue weighted by Crippen LogP contribution is 2.68. The maximum Gasteiger partial charge on any atom is 0.244 e. The van der Waals surface area contributed by atoms with E-state index in [0.717, 1.165) is 0 Å². The van der Waals surface area contributed by atoms with Crippen molar-refractivity contribution in [2.45, 2.75) is 18.8 Å². The van der Waals surface area contributed by atoms with E-state index in [-0.39, 0.29) is 0 Å². The summed E-state index contributed by atoms with van der Waals surface area (Å²) in [4.78, 5) is 0. The lowest BCUT2D eigenvalue weighted by Gasteiger charge is -2.48. The van der Waals surface area contributed by atoms with E-state index >= 15 is 0 Å². The Morgan fingerprint density at radius 3 is 2.14 bits per heavy atom. The van der Waals surface area contributed by atoms with Gasteiger partial charge >= 0.3 is 0 Å². The predicted octanol–water partition coefficient (Wildman–Crippen LogP) is 3.94. The molecule has 2 saturated heterocycles. The lowest BCUT2D eigenvalue weighted by molar-refractivity contribution is -0.288. The van der Waals surface area contributed by atoms with Crippen molar-refractivity contribution in [3.63, 3.8) is 0 Å². The summed E-state index contributed by atoms with van der Waals surface area (Å²) in [6.07, 6.45) is -1.16. The molecule has 2 aliphatic heterocycles. The number of halogens is 1. The fourth-order valence-electron chi connectivity index (χ4n) is 4.48. The number of ether oxygens (including phenoxy) is 2. The number of nitriles is 3. The van der Waals surface area contributed by atoms with Crippen molar-refractivity contribution in [2.75, 3.05) is 0 Å². The van der Waals surface area contributed by atoms with Crippen molar-refractivity contribution in [1.82, 2.24) is 0 Å². The minimum absolute atomic E-state index is 0.402. The summed E-state index contributed by atoms with van der Waals surface area (Å²) in [5.41, 5.74) is -2.98. The topological polar surface area (TPSA) is 114 Å². The highest BCUT2D eigenvalue weighted by molar-refractivity contribution is 5.89. The molecule has 142 valence electrons. The van der Waals surface area contributed by atoms with Crippen LogP contribution in [0.4, 0.5) is 4.39 Å². The lowest BCUT2D eigenvalue weighted by Crippen LogP contribution is -2.57. The van der Waals surface area contributed by atoms with Gasteiger partial charge in [0, 0.05) is 5.56 Å². The second-order valence-corrected chi connectivity index (χ2v) is 7.19. The number of hydrogen-bond acceptors (Lipinski definition) is 6. The van der Waals surface area contributed by atoms with E-state index in [0.29, 0.717) is 11.1 Å². The van der Waals surface area contributed by atoms with E-state index in [1.807, 2.05) is 12.1 Å². The van der Waals surface area contributed by atoms with Crippen LogP contribution in [0.5, 0.6) is 0 Å². The second kappa shape index (κ2) is 6.14. The van der Waals surface area contributed by atoms with E-state index in [9.17, 15) is 20.2 Å². The van der Waals surface area contributed by atoms with Gasteiger partial charge in [0.25, 0.3) is 0 Å². The molecule has 2 aliphatic rings. The molecule has 2 aromatic rings. The van der Waals surface area contributed by atoms with Crippen LogP contribution in [0.15, 0.2) is 54.6 Å². The van der Waals surface area contributed by atoms with Crippen LogP contribution in [0.2, 0.25) is 0 Å². The predicted molar refractivity (Wildman–Crippen MR) is 98.0 cm³/mol. The van der Waals surface area contributed by atoms with Gasteiger partial charge in [0.2, 0.25) is 17.1 Å². The molecule has 2 bridgehead atoms. The van der Waals surface area contributed by atoms with E-state index in [4.69, 9.17) is 14.9 Å². The van der Waals surface area contributed by atoms with Crippen molar-refractivity contribution in [3.05, 3.63) is 71.5 Å². The van der Waals surface area contributed by atoms with Crippen LogP contribution in [-0.4, -0.2) is 5.90 Å². The quantitative estimate of drug-likeness (QED) is 0.840. The summed E-state index contributed by atoms with van der Waals surface area (Å²) in [7, 11) is 0. The summed E-state index contributed by atoms with van der Waals surface area (Å²) < 4.78 is 25.7. The standard InChI is InChI=1S/C22H15FN4O2/c1-14-21(13-26)19(27)29-22(14,16-7-9-17(23)10-8-16)28-18(20(21,11-24)12-25)15-5-3-2-4-6-15/h2-10,14,18,27H,1H3. The Labute approximate surface area is 166 Å². The highest BCUT2D eigenvalue weighted by Gasteiger charge is 2.79. The Bertz CT molecular complexity index is 1100. The number of hydrogen-bond donors (Lipinski definition) is 1. The first-order valence-electron chi connectivity index (χ1n) is 8.92. The molecule has 29 heavy (non-hydrogen) atoms. The average Bonchev–Trinajstić information content (AvgIpc) is 2.91. The Morgan fingerprint density at radius 1 is 0.966 bits per heavy atom. The fraction of sp³-hybridized carbons (Fsp3) is 0.273. The largest absolute Gasteiger partial charge is 0.443 e. The molecule has 0 aliphatic carbocycles. The third kappa shape index (κ3) is 2.07. The molecule has 0 saturated carbocycles. The van der Waals surface area contributed by atoms with Crippen molar-refractivity contribution < 1.29 is 13.9 Å². The van der Waals surface area contributed by atoms with Gasteiger partial charge in [-0.1, -0.05) is 37.3 Å². The number of nitrogens with one attached hydrogen (secondary N) is 1. The number of fused-ring (bicyclic) bond motifs is 2. The molecule has 0 amide bonds. The molecule has 6 nitrogen and oxygen atoms in total. The molecule has 0 radical (unpaired) electrons. The van der Waals surface area contributed by atoms with Gasteiger partial charge in [-0.3, -0.25) is 5.41 Å². The normalized spacial score (nSPS) is 31.8. The Kier molecular flexibility index (Phi) is 3.94. The zero-order valence-electron chi connectivity index (χ0n) is 15.4. The molecule has 4 unspecified atom stereocenters. The van der Waals surface area contributed by atoms with Crippen LogP contribution in [0.3, 0.4) is 0 Å². The third-order valence-electron chi connectivity index (χ3n) is 6.02. The van der Waals surface area contributed by atoms with Crippen molar-refractivity contribution >= 4 is 5.90 Å². The van der Waals surface area contributed by atoms with Gasteiger partial charge in [-0.2, -0.15) is 15.8 Å². The molecular weight excluding hydrogens is 371 g/mol. The lowest BCUT2D eigenvalue weighted by atomic mass is 9.53. The number of benzene rings is 2. The van der Waals surface area contributed by atoms with Crippen LogP contribution in [0, 0.1) is 62.0 Å². The molecule has 2 aromatic carbocycles. The summed E-state index contributed by atoms with van der Waals surface area (Å²) in [6.45, 7) is 1.61. The smallest absolute Gasteiger partial charge is 0.244 e. The van der Waals surface area contributed by atoms with Gasteiger partial charge in [0.1, 0.15) is 11.9 Å². The average molecular weight is 386 g/mol. The third-order valence-corrected chi connectivity index (χ3v) is 6.02. The Balaban J connectivity index is 2.04. The minimum Gasteiger partial charge on any atom is -0.443 e. The fourth-order valence-corrected chi connectivity index (χ4v) is 4.48. The van der Waals surface area contributed by atoms with E-state index in [1.54, 1.807) is 37.3 Å². The van der Waals surface area contributed by atoms with E-state index in [1.165, 1.54) is 24.3 Å². The molecule has 4 rings (SSSR count). The van der Waals surface area contributed by atoms with Gasteiger partial charge in [-0.05, 0) is 29.8 Å². The van der Waals surface area contributed by atoms with Gasteiger partial charge < -0.3 is 9.47 Å². The van der Waals surface area contributed by atoms with Crippen LogP contribution in [0.25, 0.3) is 0 Å². The van der Waals surface area contributed by atoms with Gasteiger partial charge in [-0.25, -0.2) is 4.39 Å². The van der Waals surface area contributed by atoms with Crippen molar-refractivity contribution in [1.29, 1.82) is 21.2 Å². The van der Waals surface area contributed by atoms with E-state index < -0.39 is 40.4 Å². The molecule has 1 N–H and O–H groups in total. The Morgan fingerprint density at radius 2 is 1.59 bits per heavy atom. The summed E-state index contributed by atoms with van der Waals surface area (Å²) in [6, 6.07) is 20.0. The maximum absolute atomic E-state index is 13.5. The van der Waals surface area contributed by atoms with E-state index in [2.05, 4.69) is 6.07 Å². The van der Waals surface area contributed by atoms with Crippen LogP contribution in [-0.2, 0) is 15.3 Å². The van der Waals surface area contributed by atoms with Crippen molar-refractivity contribution in [3.8, 4) is 18.2 Å². The molecule has 2 fully saturated rings. The molecular formula is C22H15FN4O2. The zero-order chi connectivity index (χ0) is 20.9. The summed E-state index contributed by atoms with van der Waals surface area (Å²) in [5.74, 6) is -3.45. The summed E-state index contributed by atoms with van der Waals surface area (Å²) in [5, 5.41) is 38.9. The number of rotatable bonds is 2. The van der Waals surface area contributed by atoms with Gasteiger partial charge in [-0.15, -0.1) is 0 Å². The molecule has 0 aromatic heterocycles. The molecule has 4 atom stereocenters. The first-order valence-corrected chi connectivity index (χ1v) is 8.92. The van der Waals surface area contributed by atoms with Crippen LogP contribution < -0.4 is 0 Å². The van der Waals surface area contributed by atoms with Crippen molar-refractivity contribution in [2.24, 2.45) is 16.7 Å². The first-order chi connectivity index (χ1) is 13.9. The SMILES string of the molecule is CC1C2(c3ccc(F)cc3)OC(=N)C1(C#N)C(C#N)(C#N)C(c1ccccc1)O2. The number of nitrogens with zero attached hydrogens (tertiary/aromatic N) is 3. The zero-order valence-corrected chi connectivity index (χ0v) is 15.4. The molecule has 7 heteroatoms. The van der Waals surface area contributed by atoms with Gasteiger partial charge in [0.15, 0.2) is 5.41 Å². The molecule has 2 heterocycles. The summed E-state index contributed by atoms with van der Waals surface area (Å²) >= 11 is 0.